The third-order valence-electron chi connectivity index (χ3n) is 2.92. The number of anilines is 1. The molecule has 1 unspecified atom stereocenters. The number of ether oxygens (including phenoxy) is 2. The van der Waals surface area contributed by atoms with Crippen LogP contribution in [-0.2, 0) is 14.3 Å². The predicted octanol–water partition coefficient (Wildman–Crippen LogP) is 1.79. The van der Waals surface area contributed by atoms with Crippen LogP contribution in [0.5, 0.6) is 0 Å². The lowest BCUT2D eigenvalue weighted by Gasteiger charge is -2.20. The third kappa shape index (κ3) is 3.69. The summed E-state index contributed by atoms with van der Waals surface area (Å²) in [5, 5.41) is 3.02. The van der Waals surface area contributed by atoms with Crippen molar-refractivity contribution < 1.29 is 19.1 Å². The lowest BCUT2D eigenvalue weighted by Crippen LogP contribution is -2.35. The highest BCUT2D eigenvalue weighted by molar-refractivity contribution is 5.90. The Hall–Kier alpha value is -2.11. The molecule has 1 rings (SSSR count). The van der Waals surface area contributed by atoms with Crippen LogP contribution in [0.3, 0.4) is 0 Å². The summed E-state index contributed by atoms with van der Waals surface area (Å²) in [5.41, 5.74) is 0.937. The Bertz CT molecular complexity index is 500. The zero-order chi connectivity index (χ0) is 15.3. The van der Waals surface area contributed by atoms with E-state index in [0.717, 1.165) is 0 Å². The number of rotatable bonds is 5. The Morgan fingerprint density at radius 1 is 1.20 bits per heavy atom. The molecule has 0 amide bonds. The molecule has 0 spiro atoms. The fraction of sp³-hybridized carbons (Fsp3) is 0.500. The largest absolute Gasteiger partial charge is 0.467 e. The summed E-state index contributed by atoms with van der Waals surface area (Å²) in [7, 11) is 2.67. The highest BCUT2D eigenvalue weighted by Crippen LogP contribution is 2.15. The first-order chi connectivity index (χ1) is 9.40. The molecule has 0 bridgehead atoms. The van der Waals surface area contributed by atoms with E-state index in [1.807, 2.05) is 13.8 Å². The summed E-state index contributed by atoms with van der Waals surface area (Å²) in [6.45, 7) is 5.52. The van der Waals surface area contributed by atoms with Crippen molar-refractivity contribution in [3.63, 3.8) is 0 Å². The first kappa shape index (κ1) is 15.9. The van der Waals surface area contributed by atoms with Gasteiger partial charge in [-0.25, -0.2) is 14.6 Å². The summed E-state index contributed by atoms with van der Waals surface area (Å²) in [4.78, 5) is 27.4. The number of esters is 2. The molecule has 6 heteroatoms. The molecule has 0 saturated heterocycles. The topological polar surface area (TPSA) is 77.5 Å². The van der Waals surface area contributed by atoms with Crippen molar-refractivity contribution in [2.75, 3.05) is 19.5 Å². The van der Waals surface area contributed by atoms with Crippen LogP contribution in [0.25, 0.3) is 0 Å². The Balaban J connectivity index is 2.95. The van der Waals surface area contributed by atoms with E-state index in [0.29, 0.717) is 17.1 Å². The fourth-order valence-corrected chi connectivity index (χ4v) is 1.75. The van der Waals surface area contributed by atoms with Crippen LogP contribution in [0.15, 0.2) is 12.1 Å². The molecular weight excluding hydrogens is 260 g/mol. The van der Waals surface area contributed by atoms with Crippen LogP contribution in [-0.4, -0.2) is 37.2 Å². The summed E-state index contributed by atoms with van der Waals surface area (Å²) >= 11 is 0. The average molecular weight is 280 g/mol. The van der Waals surface area contributed by atoms with Gasteiger partial charge < -0.3 is 14.8 Å². The van der Waals surface area contributed by atoms with Crippen molar-refractivity contribution in [1.29, 1.82) is 0 Å². The van der Waals surface area contributed by atoms with Gasteiger partial charge in [-0.2, -0.15) is 0 Å². The molecule has 110 valence electrons. The van der Waals surface area contributed by atoms with Gasteiger partial charge in [-0.3, -0.25) is 0 Å². The number of nitrogens with one attached hydrogen (secondary N) is 1. The summed E-state index contributed by atoms with van der Waals surface area (Å²) < 4.78 is 9.41. The number of carbonyl (C=O) groups is 2. The van der Waals surface area contributed by atoms with Gasteiger partial charge in [0, 0.05) is 0 Å². The summed E-state index contributed by atoms with van der Waals surface area (Å²) in [6.07, 6.45) is 0. The number of carbonyl (C=O) groups excluding carboxylic acids is 2. The van der Waals surface area contributed by atoms with Crippen LogP contribution < -0.4 is 5.32 Å². The van der Waals surface area contributed by atoms with Crippen molar-refractivity contribution in [2.45, 2.75) is 26.8 Å². The Kier molecular flexibility index (Phi) is 5.49. The van der Waals surface area contributed by atoms with Gasteiger partial charge in [0.15, 0.2) is 0 Å². The van der Waals surface area contributed by atoms with Gasteiger partial charge in [-0.15, -0.1) is 0 Å². The minimum Gasteiger partial charge on any atom is -0.467 e. The first-order valence-electron chi connectivity index (χ1n) is 6.31. The molecule has 0 aromatic carbocycles. The molecule has 20 heavy (non-hydrogen) atoms. The van der Waals surface area contributed by atoms with Gasteiger partial charge in [0.1, 0.15) is 11.9 Å². The molecule has 1 N–H and O–H groups in total. The zero-order valence-electron chi connectivity index (χ0n) is 12.4. The molecule has 6 nitrogen and oxygen atoms in total. The summed E-state index contributed by atoms with van der Waals surface area (Å²) in [5.74, 6) is -0.226. The lowest BCUT2D eigenvalue weighted by molar-refractivity contribution is -0.142. The second-order valence-electron chi connectivity index (χ2n) is 4.71. The van der Waals surface area contributed by atoms with E-state index >= 15 is 0 Å². The molecule has 0 aliphatic carbocycles. The molecular formula is C14H20N2O4. The van der Waals surface area contributed by atoms with E-state index in [2.05, 4.69) is 15.0 Å². The van der Waals surface area contributed by atoms with E-state index in [9.17, 15) is 9.59 Å². The van der Waals surface area contributed by atoms with E-state index in [1.54, 1.807) is 19.1 Å². The van der Waals surface area contributed by atoms with Crippen LogP contribution in [0, 0.1) is 12.8 Å². The highest BCUT2D eigenvalue weighted by atomic mass is 16.5. The summed E-state index contributed by atoms with van der Waals surface area (Å²) in [6, 6.07) is 2.76. The van der Waals surface area contributed by atoms with E-state index in [1.165, 1.54) is 14.2 Å². The van der Waals surface area contributed by atoms with Crippen LogP contribution in [0.4, 0.5) is 5.82 Å². The third-order valence-corrected chi connectivity index (χ3v) is 2.92. The van der Waals surface area contributed by atoms with Crippen LogP contribution in [0.1, 0.15) is 29.9 Å². The normalized spacial score (nSPS) is 11.9. The van der Waals surface area contributed by atoms with Gasteiger partial charge in [0.05, 0.1) is 25.5 Å². The number of hydrogen-bond donors (Lipinski definition) is 1. The molecule has 1 heterocycles. The van der Waals surface area contributed by atoms with Crippen molar-refractivity contribution in [3.8, 4) is 0 Å². The second kappa shape index (κ2) is 6.88. The molecule has 1 aromatic heterocycles. The first-order valence-corrected chi connectivity index (χ1v) is 6.31. The maximum Gasteiger partial charge on any atom is 0.339 e. The number of hydrogen-bond acceptors (Lipinski definition) is 6. The number of aryl methyl sites for hydroxylation is 1. The molecule has 0 fully saturated rings. The SMILES string of the molecule is COC(=O)c1ccc(NC(C(=O)OC)C(C)C)nc1C. The van der Waals surface area contributed by atoms with E-state index in [4.69, 9.17) is 4.74 Å². The van der Waals surface area contributed by atoms with Crippen molar-refractivity contribution >= 4 is 17.8 Å². The lowest BCUT2D eigenvalue weighted by atomic mass is 10.0. The van der Waals surface area contributed by atoms with Gasteiger partial charge in [-0.1, -0.05) is 13.8 Å². The van der Waals surface area contributed by atoms with Gasteiger partial charge in [-0.05, 0) is 25.0 Å². The van der Waals surface area contributed by atoms with Crippen LogP contribution >= 0.6 is 0 Å². The monoisotopic (exact) mass is 280 g/mol. The molecule has 1 atom stereocenters. The maximum atomic E-state index is 11.7. The van der Waals surface area contributed by atoms with Gasteiger partial charge in [0.2, 0.25) is 0 Å². The quantitative estimate of drug-likeness (QED) is 0.828. The highest BCUT2D eigenvalue weighted by Gasteiger charge is 2.23. The number of methoxy groups -OCH3 is 2. The zero-order valence-corrected chi connectivity index (χ0v) is 12.4. The molecule has 0 aliphatic heterocycles. The maximum absolute atomic E-state index is 11.7. The number of nitrogens with zero attached hydrogens (tertiary/aromatic N) is 1. The minimum absolute atomic E-state index is 0.0461. The van der Waals surface area contributed by atoms with Crippen LogP contribution in [0.2, 0.25) is 0 Å². The Morgan fingerprint density at radius 3 is 2.30 bits per heavy atom. The average Bonchev–Trinajstić information content (AvgIpc) is 2.43. The minimum atomic E-state index is -0.490. The number of aromatic nitrogens is 1. The fourth-order valence-electron chi connectivity index (χ4n) is 1.75. The Morgan fingerprint density at radius 2 is 1.85 bits per heavy atom. The van der Waals surface area contributed by atoms with Crippen molar-refractivity contribution in [3.05, 3.63) is 23.4 Å². The van der Waals surface area contributed by atoms with Gasteiger partial charge in [0.25, 0.3) is 0 Å². The van der Waals surface area contributed by atoms with Gasteiger partial charge >= 0.3 is 11.9 Å². The molecule has 0 saturated carbocycles. The van der Waals surface area contributed by atoms with Crippen molar-refractivity contribution in [2.24, 2.45) is 5.92 Å². The van der Waals surface area contributed by atoms with E-state index in [-0.39, 0.29) is 11.9 Å². The Labute approximate surface area is 118 Å². The van der Waals surface area contributed by atoms with Crippen molar-refractivity contribution in [1.82, 2.24) is 4.98 Å². The number of pyridine rings is 1. The van der Waals surface area contributed by atoms with E-state index < -0.39 is 12.0 Å². The molecule has 0 aliphatic rings. The second-order valence-corrected chi connectivity index (χ2v) is 4.71. The predicted molar refractivity (Wildman–Crippen MR) is 74.6 cm³/mol. The standard InChI is InChI=1S/C14H20N2O4/c1-8(2)12(14(18)20-5)16-11-7-6-10(9(3)15-11)13(17)19-4/h6-8,12H,1-5H3,(H,15,16). The molecule has 1 aromatic rings. The smallest absolute Gasteiger partial charge is 0.339 e. The molecule has 0 radical (unpaired) electrons.